The Morgan fingerprint density at radius 3 is 2.42 bits per heavy atom. The van der Waals surface area contributed by atoms with Gasteiger partial charge in [-0.15, -0.1) is 0 Å². The normalized spacial score (nSPS) is 20.6. The van der Waals surface area contributed by atoms with Gasteiger partial charge < -0.3 is 15.5 Å². The number of nitrogens with zero attached hydrogens (tertiary/aromatic N) is 1. The van der Waals surface area contributed by atoms with E-state index in [-0.39, 0.29) is 30.2 Å². The van der Waals surface area contributed by atoms with E-state index in [0.717, 1.165) is 32.1 Å². The molecular formula is C20H27N3O3. The molecule has 1 aliphatic carbocycles. The van der Waals surface area contributed by atoms with Crippen molar-refractivity contribution < 1.29 is 14.4 Å². The Bertz CT molecular complexity index is 641. The van der Waals surface area contributed by atoms with Gasteiger partial charge in [-0.3, -0.25) is 14.4 Å². The molecule has 140 valence electrons. The third-order valence-corrected chi connectivity index (χ3v) is 5.27. The summed E-state index contributed by atoms with van der Waals surface area (Å²) in [5.41, 5.74) is 0.696. The highest BCUT2D eigenvalue weighted by Gasteiger charge is 2.37. The van der Waals surface area contributed by atoms with Gasteiger partial charge in [0, 0.05) is 18.2 Å². The van der Waals surface area contributed by atoms with Crippen LogP contribution in [-0.4, -0.2) is 41.8 Å². The Morgan fingerprint density at radius 2 is 1.69 bits per heavy atom. The highest BCUT2D eigenvalue weighted by atomic mass is 16.2. The zero-order valence-electron chi connectivity index (χ0n) is 15.1. The second-order valence-electron chi connectivity index (χ2n) is 7.16. The van der Waals surface area contributed by atoms with Gasteiger partial charge in [-0.1, -0.05) is 37.5 Å². The van der Waals surface area contributed by atoms with Crippen molar-refractivity contribution in [2.24, 2.45) is 5.92 Å². The fourth-order valence-electron chi connectivity index (χ4n) is 3.90. The van der Waals surface area contributed by atoms with Crippen LogP contribution in [0.15, 0.2) is 30.3 Å². The van der Waals surface area contributed by atoms with Crippen LogP contribution in [0, 0.1) is 5.92 Å². The Labute approximate surface area is 154 Å². The molecular weight excluding hydrogens is 330 g/mol. The molecule has 0 bridgehead atoms. The third kappa shape index (κ3) is 4.62. The van der Waals surface area contributed by atoms with E-state index in [0.29, 0.717) is 18.7 Å². The molecule has 1 atom stereocenters. The standard InChI is InChI=1S/C20H27N3O3/c24-18(22-16-10-5-2-6-11-16)14-21-19(25)17-12-7-13-23(17)20(26)15-8-3-1-4-9-15/h2,5-6,10-11,15,17H,1,3-4,7-9,12-14H2,(H,21,25)(H,22,24). The number of rotatable bonds is 5. The van der Waals surface area contributed by atoms with Gasteiger partial charge in [-0.25, -0.2) is 0 Å². The number of carbonyl (C=O) groups excluding carboxylic acids is 3. The van der Waals surface area contributed by atoms with Gasteiger partial charge in [0.15, 0.2) is 0 Å². The number of carbonyl (C=O) groups is 3. The maximum absolute atomic E-state index is 12.8. The predicted octanol–water partition coefficient (Wildman–Crippen LogP) is 2.31. The first-order chi connectivity index (χ1) is 12.6. The van der Waals surface area contributed by atoms with Crippen LogP contribution in [-0.2, 0) is 14.4 Å². The fraction of sp³-hybridized carbons (Fsp3) is 0.550. The average molecular weight is 357 g/mol. The smallest absolute Gasteiger partial charge is 0.243 e. The van der Waals surface area contributed by atoms with Crippen molar-refractivity contribution in [3.05, 3.63) is 30.3 Å². The fourth-order valence-corrected chi connectivity index (χ4v) is 3.90. The lowest BCUT2D eigenvalue weighted by molar-refractivity contribution is -0.142. The van der Waals surface area contributed by atoms with Gasteiger partial charge in [0.1, 0.15) is 6.04 Å². The monoisotopic (exact) mass is 357 g/mol. The highest BCUT2D eigenvalue weighted by molar-refractivity contribution is 5.96. The van der Waals surface area contributed by atoms with Gasteiger partial charge in [-0.05, 0) is 37.8 Å². The quantitative estimate of drug-likeness (QED) is 0.849. The molecule has 0 radical (unpaired) electrons. The summed E-state index contributed by atoms with van der Waals surface area (Å²) in [6.07, 6.45) is 6.77. The molecule has 1 saturated heterocycles. The lowest BCUT2D eigenvalue weighted by atomic mass is 9.88. The van der Waals surface area contributed by atoms with Crippen molar-refractivity contribution in [1.29, 1.82) is 0 Å². The number of hydrogen-bond donors (Lipinski definition) is 2. The molecule has 6 heteroatoms. The van der Waals surface area contributed by atoms with Crippen LogP contribution >= 0.6 is 0 Å². The average Bonchev–Trinajstić information content (AvgIpc) is 3.17. The number of para-hydroxylation sites is 1. The number of nitrogens with one attached hydrogen (secondary N) is 2. The van der Waals surface area contributed by atoms with E-state index in [1.807, 2.05) is 18.2 Å². The summed E-state index contributed by atoms with van der Waals surface area (Å²) in [4.78, 5) is 39.0. The molecule has 1 saturated carbocycles. The third-order valence-electron chi connectivity index (χ3n) is 5.27. The van der Waals surface area contributed by atoms with Gasteiger partial charge in [0.05, 0.1) is 6.54 Å². The summed E-state index contributed by atoms with van der Waals surface area (Å²) >= 11 is 0. The molecule has 3 rings (SSSR count). The summed E-state index contributed by atoms with van der Waals surface area (Å²) in [5, 5.41) is 5.43. The SMILES string of the molecule is O=C(CNC(=O)C1CCCN1C(=O)C1CCCCC1)Nc1ccccc1. The molecule has 2 aliphatic rings. The lowest BCUT2D eigenvalue weighted by Crippen LogP contribution is -2.49. The molecule has 1 aliphatic heterocycles. The van der Waals surface area contributed by atoms with E-state index in [1.165, 1.54) is 6.42 Å². The summed E-state index contributed by atoms with van der Waals surface area (Å²) < 4.78 is 0. The molecule has 1 aromatic rings. The first-order valence-electron chi connectivity index (χ1n) is 9.58. The van der Waals surface area contributed by atoms with Crippen LogP contribution in [0.2, 0.25) is 0 Å². The van der Waals surface area contributed by atoms with E-state index >= 15 is 0 Å². The highest BCUT2D eigenvalue weighted by Crippen LogP contribution is 2.28. The van der Waals surface area contributed by atoms with Crippen LogP contribution < -0.4 is 10.6 Å². The first kappa shape index (κ1) is 18.4. The number of amides is 3. The number of hydrogen-bond acceptors (Lipinski definition) is 3. The van der Waals surface area contributed by atoms with E-state index < -0.39 is 6.04 Å². The maximum Gasteiger partial charge on any atom is 0.243 e. The zero-order valence-corrected chi connectivity index (χ0v) is 15.1. The van der Waals surface area contributed by atoms with Crippen LogP contribution in [0.25, 0.3) is 0 Å². The molecule has 0 spiro atoms. The molecule has 26 heavy (non-hydrogen) atoms. The number of benzene rings is 1. The Hall–Kier alpha value is -2.37. The number of likely N-dealkylation sites (tertiary alicyclic amines) is 1. The van der Waals surface area contributed by atoms with E-state index in [2.05, 4.69) is 10.6 Å². The molecule has 1 unspecified atom stereocenters. The Kier molecular flexibility index (Phi) is 6.26. The van der Waals surface area contributed by atoms with Crippen molar-refractivity contribution in [3.8, 4) is 0 Å². The summed E-state index contributed by atoms with van der Waals surface area (Å²) in [7, 11) is 0. The van der Waals surface area contributed by atoms with Crippen molar-refractivity contribution in [2.75, 3.05) is 18.4 Å². The van der Waals surface area contributed by atoms with Crippen molar-refractivity contribution in [2.45, 2.75) is 51.0 Å². The Morgan fingerprint density at radius 1 is 0.962 bits per heavy atom. The molecule has 2 fully saturated rings. The van der Waals surface area contributed by atoms with Crippen molar-refractivity contribution in [1.82, 2.24) is 10.2 Å². The van der Waals surface area contributed by atoms with Crippen molar-refractivity contribution in [3.63, 3.8) is 0 Å². The molecule has 2 N–H and O–H groups in total. The molecule has 1 heterocycles. The molecule has 0 aromatic heterocycles. The summed E-state index contributed by atoms with van der Waals surface area (Å²) in [6, 6.07) is 8.69. The van der Waals surface area contributed by atoms with Crippen LogP contribution in [0.4, 0.5) is 5.69 Å². The zero-order chi connectivity index (χ0) is 18.4. The minimum absolute atomic E-state index is 0.0681. The molecule has 1 aromatic carbocycles. The topological polar surface area (TPSA) is 78.5 Å². The van der Waals surface area contributed by atoms with Crippen LogP contribution in [0.3, 0.4) is 0 Å². The van der Waals surface area contributed by atoms with E-state index in [4.69, 9.17) is 0 Å². The van der Waals surface area contributed by atoms with E-state index in [9.17, 15) is 14.4 Å². The van der Waals surface area contributed by atoms with Gasteiger partial charge in [-0.2, -0.15) is 0 Å². The lowest BCUT2D eigenvalue weighted by Gasteiger charge is -2.30. The number of anilines is 1. The summed E-state index contributed by atoms with van der Waals surface area (Å²) in [6.45, 7) is 0.555. The van der Waals surface area contributed by atoms with Gasteiger partial charge in [0.2, 0.25) is 17.7 Å². The largest absolute Gasteiger partial charge is 0.345 e. The predicted molar refractivity (Wildman–Crippen MR) is 99.4 cm³/mol. The maximum atomic E-state index is 12.8. The van der Waals surface area contributed by atoms with Crippen LogP contribution in [0.5, 0.6) is 0 Å². The van der Waals surface area contributed by atoms with Gasteiger partial charge >= 0.3 is 0 Å². The van der Waals surface area contributed by atoms with E-state index in [1.54, 1.807) is 17.0 Å². The second-order valence-corrected chi connectivity index (χ2v) is 7.16. The molecule has 6 nitrogen and oxygen atoms in total. The minimum Gasteiger partial charge on any atom is -0.345 e. The van der Waals surface area contributed by atoms with Crippen LogP contribution in [0.1, 0.15) is 44.9 Å². The van der Waals surface area contributed by atoms with Crippen molar-refractivity contribution >= 4 is 23.4 Å². The van der Waals surface area contributed by atoms with Gasteiger partial charge in [0.25, 0.3) is 0 Å². The first-order valence-corrected chi connectivity index (χ1v) is 9.58. The Balaban J connectivity index is 1.50. The summed E-state index contributed by atoms with van der Waals surface area (Å²) in [5.74, 6) is -0.308. The second kappa shape index (κ2) is 8.83. The molecule has 3 amide bonds. The minimum atomic E-state index is -0.436.